The summed E-state index contributed by atoms with van der Waals surface area (Å²) in [5.74, 6) is 1.75. The van der Waals surface area contributed by atoms with Crippen LogP contribution in [0, 0.1) is 0 Å². The van der Waals surface area contributed by atoms with Crippen molar-refractivity contribution >= 4 is 0 Å². The van der Waals surface area contributed by atoms with Gasteiger partial charge in [0.2, 0.25) is 0 Å². The van der Waals surface area contributed by atoms with Crippen LogP contribution in [-0.4, -0.2) is 24.4 Å². The van der Waals surface area contributed by atoms with Gasteiger partial charge in [-0.05, 0) is 18.2 Å². The molecule has 0 saturated heterocycles. The Morgan fingerprint density at radius 3 is 2.53 bits per heavy atom. The van der Waals surface area contributed by atoms with Gasteiger partial charge in [0, 0.05) is 5.56 Å². The van der Waals surface area contributed by atoms with Gasteiger partial charge in [0.15, 0.2) is 17.8 Å². The molecule has 0 atom stereocenters. The Labute approximate surface area is 86.6 Å². The second-order valence-corrected chi connectivity index (χ2v) is 2.82. The van der Waals surface area contributed by atoms with Crippen LogP contribution in [0.15, 0.2) is 29.0 Å². The zero-order valence-corrected chi connectivity index (χ0v) is 8.43. The number of ether oxygens (including phenoxy) is 2. The number of benzene rings is 1. The predicted octanol–water partition coefficient (Wildman–Crippen LogP) is 1.75. The summed E-state index contributed by atoms with van der Waals surface area (Å²) in [4.78, 5) is 3.94. The number of nitrogens with zero attached hydrogens (tertiary/aromatic N) is 2. The molecule has 0 amide bonds. The molecule has 0 aliphatic heterocycles. The minimum Gasteiger partial charge on any atom is -0.493 e. The number of hydrogen-bond acceptors (Lipinski definition) is 5. The first kappa shape index (κ1) is 9.51. The third kappa shape index (κ3) is 1.76. The average Bonchev–Trinajstić information content (AvgIpc) is 2.81. The molecule has 0 bridgehead atoms. The van der Waals surface area contributed by atoms with Crippen LogP contribution in [0.4, 0.5) is 0 Å². The van der Waals surface area contributed by atoms with Crippen molar-refractivity contribution in [2.75, 3.05) is 14.2 Å². The largest absolute Gasteiger partial charge is 0.493 e. The molecule has 0 fully saturated rings. The lowest BCUT2D eigenvalue weighted by atomic mass is 10.2. The van der Waals surface area contributed by atoms with Crippen LogP contribution in [0.2, 0.25) is 0 Å². The summed E-state index contributed by atoms with van der Waals surface area (Å²) in [6.07, 6.45) is 1.35. The number of hydrogen-bond donors (Lipinski definition) is 0. The smallest absolute Gasteiger partial charge is 0.257 e. The van der Waals surface area contributed by atoms with E-state index >= 15 is 0 Å². The van der Waals surface area contributed by atoms with Gasteiger partial charge in [-0.25, -0.2) is 0 Å². The van der Waals surface area contributed by atoms with E-state index in [1.807, 2.05) is 6.07 Å². The van der Waals surface area contributed by atoms with Gasteiger partial charge in [-0.15, -0.1) is 0 Å². The molecule has 0 spiro atoms. The van der Waals surface area contributed by atoms with Gasteiger partial charge in [0.1, 0.15) is 0 Å². The Balaban J connectivity index is 2.43. The summed E-state index contributed by atoms with van der Waals surface area (Å²) < 4.78 is 15.2. The highest BCUT2D eigenvalue weighted by Crippen LogP contribution is 2.31. The van der Waals surface area contributed by atoms with Crippen molar-refractivity contribution in [3.05, 3.63) is 24.5 Å². The summed E-state index contributed by atoms with van der Waals surface area (Å²) in [6.45, 7) is 0. The van der Waals surface area contributed by atoms with Crippen molar-refractivity contribution in [1.82, 2.24) is 10.1 Å². The molecule has 5 nitrogen and oxygen atoms in total. The van der Waals surface area contributed by atoms with Gasteiger partial charge in [0.25, 0.3) is 5.89 Å². The van der Waals surface area contributed by atoms with Crippen LogP contribution in [0.5, 0.6) is 11.5 Å². The molecule has 1 aromatic carbocycles. The molecule has 2 aromatic rings. The monoisotopic (exact) mass is 206 g/mol. The van der Waals surface area contributed by atoms with E-state index in [0.29, 0.717) is 17.4 Å². The quantitative estimate of drug-likeness (QED) is 0.765. The average molecular weight is 206 g/mol. The van der Waals surface area contributed by atoms with Gasteiger partial charge in [0.05, 0.1) is 14.2 Å². The molecular weight excluding hydrogens is 196 g/mol. The summed E-state index contributed by atoms with van der Waals surface area (Å²) in [7, 11) is 3.17. The summed E-state index contributed by atoms with van der Waals surface area (Å²) >= 11 is 0. The van der Waals surface area contributed by atoms with Crippen molar-refractivity contribution in [2.45, 2.75) is 0 Å². The third-order valence-electron chi connectivity index (χ3n) is 1.99. The molecule has 0 aliphatic rings. The molecule has 1 heterocycles. The maximum absolute atomic E-state index is 5.16. The van der Waals surface area contributed by atoms with Crippen LogP contribution in [0.25, 0.3) is 11.5 Å². The van der Waals surface area contributed by atoms with Crippen molar-refractivity contribution in [3.8, 4) is 23.0 Å². The Kier molecular flexibility index (Phi) is 2.53. The number of rotatable bonds is 3. The fraction of sp³-hybridized carbons (Fsp3) is 0.200. The number of aromatic nitrogens is 2. The highest BCUT2D eigenvalue weighted by Gasteiger charge is 2.08. The maximum atomic E-state index is 5.16. The van der Waals surface area contributed by atoms with E-state index in [1.54, 1.807) is 26.4 Å². The molecule has 1 aromatic heterocycles. The van der Waals surface area contributed by atoms with E-state index in [9.17, 15) is 0 Å². The fourth-order valence-corrected chi connectivity index (χ4v) is 1.27. The van der Waals surface area contributed by atoms with E-state index in [-0.39, 0.29) is 0 Å². The zero-order chi connectivity index (χ0) is 10.7. The minimum atomic E-state index is 0.455. The SMILES string of the molecule is COc1ccc(-c2ncno2)cc1OC. The van der Waals surface area contributed by atoms with Crippen molar-refractivity contribution in [3.63, 3.8) is 0 Å². The lowest BCUT2D eigenvalue weighted by Gasteiger charge is -2.07. The van der Waals surface area contributed by atoms with E-state index < -0.39 is 0 Å². The molecule has 0 saturated carbocycles. The van der Waals surface area contributed by atoms with Crippen LogP contribution < -0.4 is 9.47 Å². The van der Waals surface area contributed by atoms with E-state index in [1.165, 1.54) is 6.33 Å². The molecule has 0 N–H and O–H groups in total. The molecule has 0 unspecified atom stereocenters. The third-order valence-corrected chi connectivity index (χ3v) is 1.99. The highest BCUT2D eigenvalue weighted by molar-refractivity contribution is 5.59. The lowest BCUT2D eigenvalue weighted by Crippen LogP contribution is -1.90. The molecular formula is C10H10N2O3. The fourth-order valence-electron chi connectivity index (χ4n) is 1.27. The Morgan fingerprint density at radius 2 is 1.93 bits per heavy atom. The van der Waals surface area contributed by atoms with Crippen LogP contribution in [-0.2, 0) is 0 Å². The second kappa shape index (κ2) is 4.00. The van der Waals surface area contributed by atoms with Crippen LogP contribution in [0.3, 0.4) is 0 Å². The van der Waals surface area contributed by atoms with Crippen LogP contribution in [0.1, 0.15) is 0 Å². The molecule has 0 aliphatic carbocycles. The summed E-state index contributed by atoms with van der Waals surface area (Å²) in [5.41, 5.74) is 0.796. The lowest BCUT2D eigenvalue weighted by molar-refractivity contribution is 0.355. The van der Waals surface area contributed by atoms with Crippen molar-refractivity contribution in [1.29, 1.82) is 0 Å². The molecule has 78 valence electrons. The highest BCUT2D eigenvalue weighted by atomic mass is 16.5. The predicted molar refractivity (Wildman–Crippen MR) is 52.8 cm³/mol. The molecule has 0 radical (unpaired) electrons. The van der Waals surface area contributed by atoms with Crippen molar-refractivity contribution < 1.29 is 14.0 Å². The van der Waals surface area contributed by atoms with Gasteiger partial charge >= 0.3 is 0 Å². The number of methoxy groups -OCH3 is 2. The topological polar surface area (TPSA) is 57.4 Å². The van der Waals surface area contributed by atoms with Gasteiger partial charge in [-0.2, -0.15) is 4.98 Å². The normalized spacial score (nSPS) is 10.0. The van der Waals surface area contributed by atoms with Gasteiger partial charge in [-0.3, -0.25) is 0 Å². The van der Waals surface area contributed by atoms with Crippen LogP contribution >= 0.6 is 0 Å². The zero-order valence-electron chi connectivity index (χ0n) is 8.43. The molecule has 15 heavy (non-hydrogen) atoms. The Hall–Kier alpha value is -2.04. The summed E-state index contributed by atoms with van der Waals surface area (Å²) in [5, 5.41) is 3.54. The first-order chi connectivity index (χ1) is 7.35. The van der Waals surface area contributed by atoms with E-state index in [4.69, 9.17) is 14.0 Å². The Bertz CT molecular complexity index is 440. The van der Waals surface area contributed by atoms with Crippen molar-refractivity contribution in [2.24, 2.45) is 0 Å². The van der Waals surface area contributed by atoms with Gasteiger partial charge < -0.3 is 14.0 Å². The van der Waals surface area contributed by atoms with E-state index in [2.05, 4.69) is 10.1 Å². The molecule has 5 heteroatoms. The minimum absolute atomic E-state index is 0.455. The van der Waals surface area contributed by atoms with E-state index in [0.717, 1.165) is 5.56 Å². The Morgan fingerprint density at radius 1 is 1.13 bits per heavy atom. The standard InChI is InChI=1S/C10H10N2O3/c1-13-8-4-3-7(5-9(8)14-2)10-11-6-12-15-10/h3-6H,1-2H3. The first-order valence-electron chi connectivity index (χ1n) is 4.34. The molecule has 2 rings (SSSR count). The summed E-state index contributed by atoms with van der Waals surface area (Å²) in [6, 6.07) is 5.40. The first-order valence-corrected chi connectivity index (χ1v) is 4.34. The second-order valence-electron chi connectivity index (χ2n) is 2.82. The maximum Gasteiger partial charge on any atom is 0.257 e. The van der Waals surface area contributed by atoms with Gasteiger partial charge in [-0.1, -0.05) is 5.16 Å².